The summed E-state index contributed by atoms with van der Waals surface area (Å²) in [5.74, 6) is 0. The normalized spacial score (nSPS) is 12.2. The zero-order chi connectivity index (χ0) is 49.9. The van der Waals surface area contributed by atoms with E-state index >= 15 is 0 Å². The molecule has 0 unspecified atom stereocenters. The third-order valence-corrected chi connectivity index (χ3v) is 15.8. The summed E-state index contributed by atoms with van der Waals surface area (Å²) in [6, 6.07) is 75.4. The lowest BCUT2D eigenvalue weighted by Crippen LogP contribution is -2.04. The van der Waals surface area contributed by atoms with Crippen molar-refractivity contribution in [3.63, 3.8) is 0 Å². The lowest BCUT2D eigenvalue weighted by molar-refractivity contribution is 0.668. The van der Waals surface area contributed by atoms with E-state index in [9.17, 15) is 10.5 Å². The van der Waals surface area contributed by atoms with Gasteiger partial charge in [0.05, 0.1) is 49.7 Å². The second-order valence-electron chi connectivity index (χ2n) is 19.7. The molecule has 0 atom stereocenters. The largest absolute Gasteiger partial charge is 0.456 e. The van der Waals surface area contributed by atoms with Crippen molar-refractivity contribution in [2.24, 2.45) is 0 Å². The van der Waals surface area contributed by atoms with Crippen molar-refractivity contribution in [1.82, 2.24) is 9.13 Å². The number of benzene rings is 11. The summed E-state index contributed by atoms with van der Waals surface area (Å²) in [5, 5.41) is 34.8. The maximum absolute atomic E-state index is 11.4. The number of nitriles is 2. The van der Waals surface area contributed by atoms with Gasteiger partial charge in [-0.1, -0.05) is 97.1 Å². The molecular formula is C68H34N4O4. The fourth-order valence-corrected chi connectivity index (χ4v) is 12.4. The molecule has 0 aliphatic carbocycles. The first kappa shape index (κ1) is 40.8. The highest BCUT2D eigenvalue weighted by molar-refractivity contribution is 6.26. The van der Waals surface area contributed by atoms with Gasteiger partial charge in [0.1, 0.15) is 56.8 Å². The quantitative estimate of drug-likeness (QED) is 0.174. The van der Waals surface area contributed by atoms with Gasteiger partial charge in [0.2, 0.25) is 0 Å². The molecule has 17 aromatic rings. The molecule has 8 heteroatoms. The molecule has 0 spiro atoms. The third-order valence-electron chi connectivity index (χ3n) is 15.8. The maximum atomic E-state index is 11.4. The predicted molar refractivity (Wildman–Crippen MR) is 305 cm³/mol. The van der Waals surface area contributed by atoms with Crippen molar-refractivity contribution in [2.45, 2.75) is 0 Å². The lowest BCUT2D eigenvalue weighted by Gasteiger charge is -2.16. The summed E-state index contributed by atoms with van der Waals surface area (Å²) in [6.45, 7) is 0. The van der Waals surface area contributed by atoms with Crippen LogP contribution in [-0.4, -0.2) is 9.13 Å². The van der Waals surface area contributed by atoms with Gasteiger partial charge in [-0.3, -0.25) is 0 Å². The fraction of sp³-hybridized carbons (Fsp3) is 0. The number of aromatic nitrogens is 2. The number of hydrogen-bond donors (Lipinski definition) is 0. The lowest BCUT2D eigenvalue weighted by atomic mass is 10.00. The SMILES string of the molecule is N#Cc1cc(-n2c3ccc(-c4ccc5oc6ccccc6c5c4)cc3c3c4oc5ccccc5c4ccc32)cc(C#N)c1-n1c2ccc(-c3ccc4oc5ccccc5c4c3)cc2c2c3oc4ccccc4c3ccc21. The molecule has 0 radical (unpaired) electrons. The van der Waals surface area contributed by atoms with Crippen molar-refractivity contribution in [2.75, 3.05) is 0 Å². The maximum Gasteiger partial charge on any atom is 0.145 e. The first-order valence-electron chi connectivity index (χ1n) is 25.2. The summed E-state index contributed by atoms with van der Waals surface area (Å²) in [7, 11) is 0. The molecule has 0 fully saturated rings. The standard InChI is InChI=1S/C68H34N4O4/c69-35-41-29-43(71-54-23-17-37(39-19-27-62-50(31-39)46-11-3-5-13-58(46)73-62)33-52(54)64-56(71)25-21-48-44-9-1-7-15-60(44)75-67(48)64)30-42(36-70)66(41)72-55-24-18-38(40-20-28-63-51(32-40)47-12-4-6-14-59(47)74-63)34-53(55)65-57(72)26-22-49-45-10-2-8-16-61(45)76-68(49)65/h1-34H. The Hall–Kier alpha value is -10.8. The highest BCUT2D eigenvalue weighted by Gasteiger charge is 2.26. The molecule has 6 heterocycles. The highest BCUT2D eigenvalue weighted by atomic mass is 16.3. The Kier molecular flexibility index (Phi) is 7.99. The van der Waals surface area contributed by atoms with Gasteiger partial charge in [-0.05, 0) is 131 Å². The van der Waals surface area contributed by atoms with E-state index < -0.39 is 0 Å². The zero-order valence-corrected chi connectivity index (χ0v) is 40.1. The average Bonchev–Trinajstić information content (AvgIpc) is 4.37. The number of nitrogens with zero attached hydrogens (tertiary/aromatic N) is 4. The van der Waals surface area contributed by atoms with Gasteiger partial charge in [-0.25, -0.2) is 0 Å². The average molecular weight is 971 g/mol. The smallest absolute Gasteiger partial charge is 0.145 e. The Balaban J connectivity index is 0.906. The molecule has 0 bridgehead atoms. The van der Waals surface area contributed by atoms with E-state index in [1.165, 1.54) is 0 Å². The molecule has 0 amide bonds. The van der Waals surface area contributed by atoms with Gasteiger partial charge >= 0.3 is 0 Å². The fourth-order valence-electron chi connectivity index (χ4n) is 12.4. The van der Waals surface area contributed by atoms with Gasteiger partial charge in [-0.2, -0.15) is 10.5 Å². The van der Waals surface area contributed by atoms with Crippen LogP contribution in [0.15, 0.2) is 224 Å². The Labute approximate surface area is 429 Å². The van der Waals surface area contributed by atoms with Crippen LogP contribution >= 0.6 is 0 Å². The molecule has 0 N–H and O–H groups in total. The Bertz CT molecular complexity index is 5490. The summed E-state index contributed by atoms with van der Waals surface area (Å²) >= 11 is 0. The van der Waals surface area contributed by atoms with Crippen LogP contribution in [-0.2, 0) is 0 Å². The van der Waals surface area contributed by atoms with Gasteiger partial charge in [0, 0.05) is 59.5 Å². The summed E-state index contributed by atoms with van der Waals surface area (Å²) < 4.78 is 30.2. The number of fused-ring (bicyclic) bond motifs is 20. The van der Waals surface area contributed by atoms with E-state index in [0.29, 0.717) is 22.5 Å². The van der Waals surface area contributed by atoms with Crippen LogP contribution in [0.1, 0.15) is 11.1 Å². The van der Waals surface area contributed by atoms with E-state index in [1.54, 1.807) is 0 Å². The summed E-state index contributed by atoms with van der Waals surface area (Å²) in [6.07, 6.45) is 0. The molecule has 17 rings (SSSR count). The van der Waals surface area contributed by atoms with Gasteiger partial charge in [-0.15, -0.1) is 0 Å². The van der Waals surface area contributed by atoms with Crippen molar-refractivity contribution in [3.8, 4) is 45.8 Å². The highest BCUT2D eigenvalue weighted by Crippen LogP contribution is 2.46. The van der Waals surface area contributed by atoms with E-state index in [4.69, 9.17) is 17.7 Å². The van der Waals surface area contributed by atoms with Gasteiger partial charge in [0.25, 0.3) is 0 Å². The van der Waals surface area contributed by atoms with Crippen LogP contribution in [0.25, 0.3) is 165 Å². The molecule has 6 aromatic heterocycles. The third kappa shape index (κ3) is 5.48. The first-order valence-corrected chi connectivity index (χ1v) is 25.2. The van der Waals surface area contributed by atoms with E-state index in [2.05, 4.69) is 130 Å². The van der Waals surface area contributed by atoms with Crippen LogP contribution in [0.2, 0.25) is 0 Å². The van der Waals surface area contributed by atoms with Crippen molar-refractivity contribution in [3.05, 3.63) is 217 Å². The van der Waals surface area contributed by atoms with E-state index in [0.717, 1.165) is 154 Å². The second kappa shape index (κ2) is 14.9. The molecule has 8 nitrogen and oxygen atoms in total. The summed E-state index contributed by atoms with van der Waals surface area (Å²) in [5.41, 5.74) is 15.9. The van der Waals surface area contributed by atoms with Gasteiger partial charge in [0.15, 0.2) is 0 Å². The van der Waals surface area contributed by atoms with Crippen LogP contribution in [0.4, 0.5) is 0 Å². The predicted octanol–water partition coefficient (Wildman–Crippen LogP) is 18.6. The van der Waals surface area contributed by atoms with Crippen LogP contribution in [0.5, 0.6) is 0 Å². The van der Waals surface area contributed by atoms with E-state index in [1.807, 2.05) is 97.1 Å². The molecular weight excluding hydrogens is 937 g/mol. The van der Waals surface area contributed by atoms with Gasteiger partial charge < -0.3 is 26.8 Å². The first-order chi connectivity index (χ1) is 37.6. The minimum absolute atomic E-state index is 0.344. The number of rotatable bonds is 4. The van der Waals surface area contributed by atoms with Crippen molar-refractivity contribution in [1.29, 1.82) is 10.5 Å². The second-order valence-corrected chi connectivity index (χ2v) is 19.7. The van der Waals surface area contributed by atoms with Crippen molar-refractivity contribution < 1.29 is 17.7 Å². The molecule has 0 saturated carbocycles. The Morgan fingerprint density at radius 2 is 0.645 bits per heavy atom. The summed E-state index contributed by atoms with van der Waals surface area (Å²) in [4.78, 5) is 0. The van der Waals surface area contributed by atoms with E-state index in [-0.39, 0.29) is 0 Å². The number of furan rings is 4. The molecule has 76 heavy (non-hydrogen) atoms. The van der Waals surface area contributed by atoms with Crippen molar-refractivity contribution >= 4 is 131 Å². The zero-order valence-electron chi connectivity index (χ0n) is 40.1. The Morgan fingerprint density at radius 1 is 0.289 bits per heavy atom. The number of para-hydroxylation sites is 4. The molecule has 11 aromatic carbocycles. The monoisotopic (exact) mass is 970 g/mol. The number of hydrogen-bond acceptors (Lipinski definition) is 6. The molecule has 0 aliphatic rings. The topological polar surface area (TPSA) is 110 Å². The van der Waals surface area contributed by atoms with Crippen LogP contribution < -0.4 is 0 Å². The van der Waals surface area contributed by atoms with Crippen LogP contribution in [0.3, 0.4) is 0 Å². The molecule has 350 valence electrons. The minimum atomic E-state index is 0.344. The molecule has 0 saturated heterocycles. The Morgan fingerprint density at radius 3 is 1.11 bits per heavy atom. The molecule has 0 aliphatic heterocycles. The minimum Gasteiger partial charge on any atom is -0.456 e. The van der Waals surface area contributed by atoms with Crippen LogP contribution in [0, 0.1) is 22.7 Å².